The fraction of sp³-hybridized carbons (Fsp3) is 0.0526. The molecule has 0 aliphatic heterocycles. The molecule has 0 aliphatic carbocycles. The fourth-order valence-electron chi connectivity index (χ4n) is 2.38. The first-order valence-electron chi connectivity index (χ1n) is 7.46. The Balaban J connectivity index is 2.11. The lowest BCUT2D eigenvalue weighted by molar-refractivity contribution is -0.131. The highest BCUT2D eigenvalue weighted by molar-refractivity contribution is 6.39. The van der Waals surface area contributed by atoms with E-state index in [-0.39, 0.29) is 21.9 Å². The number of benzene rings is 2. The van der Waals surface area contributed by atoms with Gasteiger partial charge in [0.1, 0.15) is 17.2 Å². The Morgan fingerprint density at radius 2 is 1.77 bits per heavy atom. The topological polar surface area (TPSA) is 39.2 Å². The van der Waals surface area contributed by atoms with Gasteiger partial charge in [0.05, 0.1) is 15.7 Å². The molecular formula is C19H11Cl2F2NO2. The number of ether oxygens (including phenoxy) is 1. The van der Waals surface area contributed by atoms with Gasteiger partial charge < -0.3 is 4.74 Å². The minimum absolute atomic E-state index is 0.0749. The van der Waals surface area contributed by atoms with Crippen molar-refractivity contribution in [2.75, 3.05) is 0 Å². The molecule has 0 saturated carbocycles. The van der Waals surface area contributed by atoms with E-state index in [1.54, 1.807) is 12.1 Å². The molecule has 0 fully saturated rings. The number of aromatic nitrogens is 1. The third kappa shape index (κ3) is 3.69. The van der Waals surface area contributed by atoms with Gasteiger partial charge >= 0.3 is 5.97 Å². The van der Waals surface area contributed by atoms with Crippen molar-refractivity contribution in [1.29, 1.82) is 0 Å². The molecule has 3 aromatic rings. The van der Waals surface area contributed by atoms with Crippen LogP contribution in [0.1, 0.15) is 18.2 Å². The average Bonchev–Trinajstić information content (AvgIpc) is 2.58. The number of esters is 1. The maximum absolute atomic E-state index is 13.7. The van der Waals surface area contributed by atoms with Crippen LogP contribution >= 0.6 is 23.2 Å². The van der Waals surface area contributed by atoms with E-state index in [4.69, 9.17) is 27.9 Å². The Bertz CT molecular complexity index is 1030. The van der Waals surface area contributed by atoms with Crippen molar-refractivity contribution in [2.45, 2.75) is 6.92 Å². The van der Waals surface area contributed by atoms with Crippen LogP contribution in [0, 0.1) is 11.6 Å². The Kier molecular flexibility index (Phi) is 5.20. The number of pyridine rings is 1. The van der Waals surface area contributed by atoms with E-state index < -0.39 is 17.6 Å². The van der Waals surface area contributed by atoms with Crippen molar-refractivity contribution in [3.8, 4) is 5.75 Å². The Labute approximate surface area is 157 Å². The summed E-state index contributed by atoms with van der Waals surface area (Å²) in [5.74, 6) is -1.86. The van der Waals surface area contributed by atoms with Crippen molar-refractivity contribution in [2.24, 2.45) is 0 Å². The highest BCUT2D eigenvalue weighted by Crippen LogP contribution is 2.37. The van der Waals surface area contributed by atoms with E-state index in [2.05, 4.69) is 4.98 Å². The molecule has 26 heavy (non-hydrogen) atoms. The van der Waals surface area contributed by atoms with Gasteiger partial charge in [0, 0.05) is 17.9 Å². The summed E-state index contributed by atoms with van der Waals surface area (Å²) in [6.07, 6.45) is 2.71. The smallest absolute Gasteiger partial charge is 0.308 e. The standard InChI is InChI=1S/C19H11Cl2F2NO2/c1-10(25)26-19-15(21)9-14(20)12-7-5-11(24-18(12)19)6-8-13-16(22)3-2-4-17(13)23/h2-9H,1H3/b8-6+. The number of carbonyl (C=O) groups excluding carboxylic acids is 1. The molecule has 0 bridgehead atoms. The summed E-state index contributed by atoms with van der Waals surface area (Å²) < 4.78 is 32.6. The van der Waals surface area contributed by atoms with E-state index in [1.165, 1.54) is 31.2 Å². The number of hydrogen-bond acceptors (Lipinski definition) is 3. The molecule has 0 amide bonds. The van der Waals surface area contributed by atoms with Gasteiger partial charge in [-0.1, -0.05) is 29.3 Å². The van der Waals surface area contributed by atoms with Crippen LogP contribution in [0.4, 0.5) is 8.78 Å². The predicted molar refractivity (Wildman–Crippen MR) is 98.4 cm³/mol. The summed E-state index contributed by atoms with van der Waals surface area (Å²) in [5, 5.41) is 0.997. The van der Waals surface area contributed by atoms with Crippen LogP contribution in [0.3, 0.4) is 0 Å². The van der Waals surface area contributed by atoms with E-state index in [9.17, 15) is 13.6 Å². The zero-order valence-electron chi connectivity index (χ0n) is 13.4. The van der Waals surface area contributed by atoms with Gasteiger partial charge in [0.25, 0.3) is 0 Å². The molecule has 0 unspecified atom stereocenters. The largest absolute Gasteiger partial charge is 0.423 e. The van der Waals surface area contributed by atoms with Gasteiger partial charge in [0.15, 0.2) is 5.75 Å². The lowest BCUT2D eigenvalue weighted by Gasteiger charge is -2.10. The molecule has 0 N–H and O–H groups in total. The number of fused-ring (bicyclic) bond motifs is 1. The van der Waals surface area contributed by atoms with Crippen molar-refractivity contribution >= 4 is 52.2 Å². The molecular weight excluding hydrogens is 383 g/mol. The van der Waals surface area contributed by atoms with Crippen LogP contribution in [-0.2, 0) is 4.79 Å². The molecule has 0 radical (unpaired) electrons. The van der Waals surface area contributed by atoms with Crippen LogP contribution in [0.25, 0.3) is 23.1 Å². The first kappa shape index (κ1) is 18.3. The number of halogens is 4. The molecule has 7 heteroatoms. The van der Waals surface area contributed by atoms with Crippen molar-refractivity contribution in [3.05, 3.63) is 69.3 Å². The molecule has 0 spiro atoms. The number of nitrogens with zero attached hydrogens (tertiary/aromatic N) is 1. The summed E-state index contributed by atoms with van der Waals surface area (Å²) in [5.41, 5.74) is 0.472. The van der Waals surface area contributed by atoms with Gasteiger partial charge in [0.2, 0.25) is 0 Å². The Morgan fingerprint density at radius 1 is 1.08 bits per heavy atom. The molecule has 132 valence electrons. The second-order valence-corrected chi connectivity index (χ2v) is 6.18. The van der Waals surface area contributed by atoms with E-state index in [1.807, 2.05) is 0 Å². The summed E-state index contributed by atoms with van der Waals surface area (Å²) in [6.45, 7) is 1.24. The van der Waals surface area contributed by atoms with Crippen molar-refractivity contribution in [3.63, 3.8) is 0 Å². The number of rotatable bonds is 3. The van der Waals surface area contributed by atoms with Crippen LogP contribution in [-0.4, -0.2) is 11.0 Å². The average molecular weight is 394 g/mol. The quantitative estimate of drug-likeness (QED) is 0.409. The van der Waals surface area contributed by atoms with Gasteiger partial charge in [-0.15, -0.1) is 0 Å². The summed E-state index contributed by atoms with van der Waals surface area (Å²) in [4.78, 5) is 15.7. The van der Waals surface area contributed by atoms with Gasteiger partial charge in [-0.3, -0.25) is 4.79 Å². The van der Waals surface area contributed by atoms with E-state index >= 15 is 0 Å². The fourth-order valence-corrected chi connectivity index (χ4v) is 2.93. The van der Waals surface area contributed by atoms with Crippen LogP contribution in [0.5, 0.6) is 5.75 Å². The molecule has 0 saturated heterocycles. The highest BCUT2D eigenvalue weighted by Gasteiger charge is 2.15. The molecule has 0 aliphatic rings. The van der Waals surface area contributed by atoms with Crippen molar-refractivity contribution in [1.82, 2.24) is 4.98 Å². The summed E-state index contributed by atoms with van der Waals surface area (Å²) in [7, 11) is 0. The molecule has 2 aromatic carbocycles. The third-order valence-electron chi connectivity index (χ3n) is 3.53. The second-order valence-electron chi connectivity index (χ2n) is 5.36. The van der Waals surface area contributed by atoms with E-state index in [0.717, 1.165) is 12.1 Å². The highest BCUT2D eigenvalue weighted by atomic mass is 35.5. The van der Waals surface area contributed by atoms with Crippen molar-refractivity contribution < 1.29 is 18.3 Å². The monoisotopic (exact) mass is 393 g/mol. The van der Waals surface area contributed by atoms with Gasteiger partial charge in [-0.05, 0) is 42.5 Å². The minimum atomic E-state index is -0.686. The maximum atomic E-state index is 13.7. The van der Waals surface area contributed by atoms with Crippen LogP contribution in [0.15, 0.2) is 36.4 Å². The number of hydrogen-bond donors (Lipinski definition) is 0. The van der Waals surface area contributed by atoms with Crippen LogP contribution in [0.2, 0.25) is 10.0 Å². The molecule has 0 atom stereocenters. The summed E-state index contributed by atoms with van der Waals surface area (Å²) >= 11 is 12.3. The maximum Gasteiger partial charge on any atom is 0.308 e. The zero-order chi connectivity index (χ0) is 18.8. The minimum Gasteiger partial charge on any atom is -0.423 e. The van der Waals surface area contributed by atoms with Gasteiger partial charge in [-0.25, -0.2) is 13.8 Å². The second kappa shape index (κ2) is 7.40. The zero-order valence-corrected chi connectivity index (χ0v) is 14.9. The first-order valence-corrected chi connectivity index (χ1v) is 8.21. The molecule has 1 heterocycles. The summed E-state index contributed by atoms with van der Waals surface area (Å²) in [6, 6.07) is 8.34. The first-order chi connectivity index (χ1) is 12.4. The van der Waals surface area contributed by atoms with E-state index in [0.29, 0.717) is 16.1 Å². The Hall–Kier alpha value is -2.50. The molecule has 3 nitrogen and oxygen atoms in total. The normalized spacial score (nSPS) is 11.3. The van der Waals surface area contributed by atoms with Crippen LogP contribution < -0.4 is 4.74 Å². The Morgan fingerprint density at radius 3 is 2.42 bits per heavy atom. The number of carbonyl (C=O) groups is 1. The SMILES string of the molecule is CC(=O)Oc1c(Cl)cc(Cl)c2ccc(/C=C/c3c(F)cccc3F)nc12. The molecule has 1 aromatic heterocycles. The molecule has 3 rings (SSSR count). The van der Waals surface area contributed by atoms with Gasteiger partial charge in [-0.2, -0.15) is 0 Å². The lowest BCUT2D eigenvalue weighted by atomic mass is 10.1. The lowest BCUT2D eigenvalue weighted by Crippen LogP contribution is -2.03. The third-order valence-corrected chi connectivity index (χ3v) is 4.12. The predicted octanol–water partition coefficient (Wildman–Crippen LogP) is 5.92.